The quantitative estimate of drug-likeness (QED) is 0.561. The zero-order valence-corrected chi connectivity index (χ0v) is 12.7. The third kappa shape index (κ3) is 2.69. The molecule has 23 heavy (non-hydrogen) atoms. The lowest BCUT2D eigenvalue weighted by molar-refractivity contribution is 0.474. The van der Waals surface area contributed by atoms with E-state index in [9.17, 15) is 9.90 Å². The summed E-state index contributed by atoms with van der Waals surface area (Å²) in [7, 11) is 0. The van der Waals surface area contributed by atoms with Crippen LogP contribution in [0.4, 0.5) is 0 Å². The minimum atomic E-state index is -0.121. The highest BCUT2D eigenvalue weighted by Gasteiger charge is 2.17. The smallest absolute Gasteiger partial charge is 0.182 e. The molecular formula is C20H16O3. The maximum Gasteiger partial charge on any atom is 0.182 e. The van der Waals surface area contributed by atoms with E-state index in [0.717, 1.165) is 22.1 Å². The first-order chi connectivity index (χ1) is 11.1. The van der Waals surface area contributed by atoms with E-state index >= 15 is 0 Å². The van der Waals surface area contributed by atoms with E-state index < -0.39 is 0 Å². The summed E-state index contributed by atoms with van der Waals surface area (Å²) in [5.41, 5.74) is 3.07. The van der Waals surface area contributed by atoms with Gasteiger partial charge >= 0.3 is 0 Å². The molecule has 1 heterocycles. The number of fused-ring (bicyclic) bond motifs is 2. The van der Waals surface area contributed by atoms with E-state index in [1.54, 1.807) is 30.3 Å². The van der Waals surface area contributed by atoms with Crippen molar-refractivity contribution < 1.29 is 9.52 Å². The summed E-state index contributed by atoms with van der Waals surface area (Å²) in [6.07, 6.45) is 7.59. The van der Waals surface area contributed by atoms with Gasteiger partial charge in [-0.25, -0.2) is 0 Å². The van der Waals surface area contributed by atoms with Crippen LogP contribution >= 0.6 is 0 Å². The molecule has 1 aromatic carbocycles. The van der Waals surface area contributed by atoms with Crippen molar-refractivity contribution in [3.8, 4) is 17.1 Å². The molecule has 3 rings (SSSR count). The molecule has 0 spiro atoms. The second-order valence-corrected chi connectivity index (χ2v) is 5.17. The Balaban J connectivity index is 2.49. The Hall–Kier alpha value is -3.07. The van der Waals surface area contributed by atoms with E-state index in [1.807, 2.05) is 25.2 Å². The lowest BCUT2D eigenvalue weighted by atomic mass is 9.93. The first-order valence-electron chi connectivity index (χ1n) is 7.29. The monoisotopic (exact) mass is 304 g/mol. The molecule has 0 radical (unpaired) electrons. The van der Waals surface area contributed by atoms with Crippen molar-refractivity contribution in [2.45, 2.75) is 6.92 Å². The fourth-order valence-corrected chi connectivity index (χ4v) is 2.62. The number of allylic oxidation sites excluding steroid dienone is 5. The van der Waals surface area contributed by atoms with Gasteiger partial charge in [0.15, 0.2) is 5.43 Å². The van der Waals surface area contributed by atoms with Gasteiger partial charge in [0.05, 0.1) is 0 Å². The van der Waals surface area contributed by atoms with Gasteiger partial charge in [0, 0.05) is 28.6 Å². The van der Waals surface area contributed by atoms with Crippen molar-refractivity contribution in [1.29, 1.82) is 0 Å². The van der Waals surface area contributed by atoms with Gasteiger partial charge in [-0.15, -0.1) is 0 Å². The average Bonchev–Trinajstić information content (AvgIpc) is 2.54. The van der Waals surface area contributed by atoms with Crippen molar-refractivity contribution in [3.05, 3.63) is 83.1 Å². The first kappa shape index (κ1) is 14.9. The van der Waals surface area contributed by atoms with Gasteiger partial charge in [0.1, 0.15) is 17.1 Å². The molecule has 0 unspecified atom stereocenters. The Labute approximate surface area is 133 Å². The molecule has 0 saturated heterocycles. The van der Waals surface area contributed by atoms with Crippen LogP contribution in [0.5, 0.6) is 5.75 Å². The molecule has 0 bridgehead atoms. The van der Waals surface area contributed by atoms with Crippen molar-refractivity contribution in [2.24, 2.45) is 0 Å². The summed E-state index contributed by atoms with van der Waals surface area (Å²) >= 11 is 0. The highest BCUT2D eigenvalue weighted by atomic mass is 16.3. The number of rotatable bonds is 3. The number of hydrogen-bond acceptors (Lipinski definition) is 3. The summed E-state index contributed by atoms with van der Waals surface area (Å²) in [6.45, 7) is 5.84. The van der Waals surface area contributed by atoms with Gasteiger partial charge in [-0.3, -0.25) is 4.79 Å². The fraction of sp³-hybridized carbons (Fsp3) is 0.0500. The molecule has 0 saturated carbocycles. The predicted molar refractivity (Wildman–Crippen MR) is 93.8 cm³/mol. The molecule has 114 valence electrons. The summed E-state index contributed by atoms with van der Waals surface area (Å²) in [4.78, 5) is 11.7. The number of aromatic hydroxyl groups is 1. The van der Waals surface area contributed by atoms with Gasteiger partial charge in [-0.05, 0) is 36.8 Å². The molecule has 1 aliphatic carbocycles. The first-order valence-corrected chi connectivity index (χ1v) is 7.29. The Morgan fingerprint density at radius 1 is 1.22 bits per heavy atom. The van der Waals surface area contributed by atoms with Crippen molar-refractivity contribution in [2.75, 3.05) is 0 Å². The summed E-state index contributed by atoms with van der Waals surface area (Å²) in [6, 6.07) is 9.71. The second-order valence-electron chi connectivity index (χ2n) is 5.17. The lowest BCUT2D eigenvalue weighted by Gasteiger charge is -2.15. The topological polar surface area (TPSA) is 50.4 Å². The molecule has 0 fully saturated rings. The Bertz CT molecular complexity index is 974. The van der Waals surface area contributed by atoms with Crippen molar-refractivity contribution in [3.63, 3.8) is 0 Å². The molecule has 1 N–H and O–H groups in total. The highest BCUT2D eigenvalue weighted by molar-refractivity contribution is 6.00. The zero-order valence-electron chi connectivity index (χ0n) is 12.7. The van der Waals surface area contributed by atoms with Gasteiger partial charge in [-0.2, -0.15) is 0 Å². The molecule has 0 atom stereocenters. The minimum Gasteiger partial charge on any atom is -0.508 e. The van der Waals surface area contributed by atoms with Crippen LogP contribution in [0, 0.1) is 0 Å². The van der Waals surface area contributed by atoms with Crippen LogP contribution < -0.4 is 5.43 Å². The average molecular weight is 304 g/mol. The van der Waals surface area contributed by atoms with Gasteiger partial charge in [0.2, 0.25) is 0 Å². The largest absolute Gasteiger partial charge is 0.508 e. The molecule has 1 aromatic rings. The zero-order chi connectivity index (χ0) is 16.4. The third-order valence-electron chi connectivity index (χ3n) is 3.65. The molecule has 3 heteroatoms. The highest BCUT2D eigenvalue weighted by Crippen LogP contribution is 2.38. The van der Waals surface area contributed by atoms with E-state index in [1.165, 1.54) is 12.1 Å². The molecule has 1 aliphatic heterocycles. The number of phenols is 1. The summed E-state index contributed by atoms with van der Waals surface area (Å²) in [5.74, 6) is 0.598. The van der Waals surface area contributed by atoms with Gasteiger partial charge < -0.3 is 9.52 Å². The fourth-order valence-electron chi connectivity index (χ4n) is 2.62. The second kappa shape index (κ2) is 5.97. The van der Waals surface area contributed by atoms with Crippen LogP contribution in [0.25, 0.3) is 27.9 Å². The minimum absolute atomic E-state index is 0.113. The molecule has 3 nitrogen and oxygen atoms in total. The summed E-state index contributed by atoms with van der Waals surface area (Å²) in [5, 5.41) is 10.6. The SMILES string of the molecule is C=C/C(=C\C=C/C)c1c2ccc(=O)cc-2oc2cc(O)ccc12. The number of hydrogen-bond donors (Lipinski definition) is 1. The van der Waals surface area contributed by atoms with Gasteiger partial charge in [0.25, 0.3) is 0 Å². The maximum atomic E-state index is 11.7. The van der Waals surface area contributed by atoms with Crippen molar-refractivity contribution >= 4 is 16.5 Å². The Morgan fingerprint density at radius 3 is 2.78 bits per heavy atom. The van der Waals surface area contributed by atoms with E-state index in [4.69, 9.17) is 4.42 Å². The van der Waals surface area contributed by atoms with Gasteiger partial charge in [-0.1, -0.05) is 30.9 Å². The molecule has 0 amide bonds. The maximum absolute atomic E-state index is 11.7. The third-order valence-corrected chi connectivity index (χ3v) is 3.65. The van der Waals surface area contributed by atoms with Crippen LogP contribution in [-0.4, -0.2) is 5.11 Å². The van der Waals surface area contributed by atoms with Crippen LogP contribution in [0.15, 0.2) is 76.5 Å². The Morgan fingerprint density at radius 2 is 2.04 bits per heavy atom. The predicted octanol–water partition coefficient (Wildman–Crippen LogP) is 4.75. The van der Waals surface area contributed by atoms with E-state index in [-0.39, 0.29) is 11.2 Å². The molecule has 0 aromatic heterocycles. The van der Waals surface area contributed by atoms with Crippen molar-refractivity contribution in [1.82, 2.24) is 0 Å². The molecule has 2 aliphatic rings. The standard InChI is InChI=1S/C20H16O3/c1-3-5-6-13(4-2)20-16-9-7-14(21)11-18(16)23-19-12-15(22)8-10-17(19)20/h3-12,21H,2H2,1H3/b5-3-,13-6+. The molecular weight excluding hydrogens is 288 g/mol. The number of phenolic OH excluding ortho intramolecular Hbond substituents is 1. The van der Waals surface area contributed by atoms with Crippen LogP contribution in [0.1, 0.15) is 12.5 Å². The van der Waals surface area contributed by atoms with Crippen LogP contribution in [-0.2, 0) is 0 Å². The number of benzene rings is 2. The van der Waals surface area contributed by atoms with E-state index in [2.05, 4.69) is 6.58 Å². The normalized spacial score (nSPS) is 12.3. The van der Waals surface area contributed by atoms with E-state index in [0.29, 0.717) is 11.3 Å². The summed E-state index contributed by atoms with van der Waals surface area (Å²) < 4.78 is 5.81. The lowest BCUT2D eigenvalue weighted by Crippen LogP contribution is -2.00. The Kier molecular flexibility index (Phi) is 3.85. The van der Waals surface area contributed by atoms with Crippen LogP contribution in [0.2, 0.25) is 0 Å². The van der Waals surface area contributed by atoms with Crippen LogP contribution in [0.3, 0.4) is 0 Å².